The Hall–Kier alpha value is -3.95. The molecule has 0 unspecified atom stereocenters. The fourth-order valence-electron chi connectivity index (χ4n) is 4.80. The summed E-state index contributed by atoms with van der Waals surface area (Å²) in [5.41, 5.74) is 2.38. The number of carbonyl (C=O) groups is 2. The van der Waals surface area contributed by atoms with E-state index in [4.69, 9.17) is 0 Å². The van der Waals surface area contributed by atoms with Gasteiger partial charge >= 0.3 is 0 Å². The van der Waals surface area contributed by atoms with Crippen molar-refractivity contribution < 1.29 is 18.0 Å². The summed E-state index contributed by atoms with van der Waals surface area (Å²) in [5.74, 6) is -0.827. The van der Waals surface area contributed by atoms with Gasteiger partial charge in [-0.25, -0.2) is 8.42 Å². The number of hydrogen-bond acceptors (Lipinski definition) is 4. The summed E-state index contributed by atoms with van der Waals surface area (Å²) >= 11 is 3.51. The number of nitrogens with zero attached hydrogens (tertiary/aromatic N) is 2. The monoisotopic (exact) mass is 675 g/mol. The van der Waals surface area contributed by atoms with Crippen molar-refractivity contribution in [2.45, 2.75) is 57.1 Å². The van der Waals surface area contributed by atoms with E-state index in [0.717, 1.165) is 25.5 Å². The number of rotatable bonds is 11. The minimum atomic E-state index is -4.13. The van der Waals surface area contributed by atoms with E-state index >= 15 is 0 Å². The third kappa shape index (κ3) is 8.80. The number of hydrogen-bond donors (Lipinski definition) is 1. The molecule has 44 heavy (non-hydrogen) atoms. The normalized spacial score (nSPS) is 12.3. The molecule has 0 saturated carbocycles. The first-order valence-corrected chi connectivity index (χ1v) is 16.6. The summed E-state index contributed by atoms with van der Waals surface area (Å²) < 4.78 is 30.1. The molecule has 0 saturated heterocycles. The van der Waals surface area contributed by atoms with Gasteiger partial charge in [0, 0.05) is 23.0 Å². The molecule has 4 aromatic rings. The van der Waals surface area contributed by atoms with Gasteiger partial charge in [0.15, 0.2) is 0 Å². The molecule has 7 nitrogen and oxygen atoms in total. The Bertz CT molecular complexity index is 1670. The van der Waals surface area contributed by atoms with Gasteiger partial charge < -0.3 is 10.2 Å². The molecule has 4 aromatic carbocycles. The van der Waals surface area contributed by atoms with Crippen molar-refractivity contribution in [3.05, 3.63) is 130 Å². The Kier molecular flexibility index (Phi) is 10.7. The predicted molar refractivity (Wildman–Crippen MR) is 179 cm³/mol. The Labute approximate surface area is 269 Å². The zero-order valence-corrected chi connectivity index (χ0v) is 27.8. The molecule has 0 aliphatic rings. The zero-order valence-electron chi connectivity index (χ0n) is 25.4. The van der Waals surface area contributed by atoms with Gasteiger partial charge in [0.05, 0.1) is 10.6 Å². The largest absolute Gasteiger partial charge is 0.350 e. The average molecular weight is 677 g/mol. The van der Waals surface area contributed by atoms with Crippen molar-refractivity contribution in [1.29, 1.82) is 0 Å². The van der Waals surface area contributed by atoms with Gasteiger partial charge in [-0.05, 0) is 75.2 Å². The molecular weight excluding hydrogens is 638 g/mol. The number of benzene rings is 4. The SMILES string of the molecule is Cc1ccc(S(=O)(=O)N(CC(=O)N(Cc2cccc(Br)c2)[C@H](Cc2ccccc2)C(=O)NC(C)(C)C)c2ccccc2)cc1. The highest BCUT2D eigenvalue weighted by molar-refractivity contribution is 9.10. The summed E-state index contributed by atoms with van der Waals surface area (Å²) in [5, 5.41) is 3.04. The standard InChI is InChI=1S/C35H38BrN3O4S/c1-26-18-20-31(21-19-26)44(42,43)39(30-16-9-6-10-17-30)25-33(40)38(24-28-14-11-15-29(36)22-28)32(34(41)37-35(2,3)4)23-27-12-7-5-8-13-27/h5-22,32H,23-25H2,1-4H3,(H,37,41)/t32-/m1/s1. The Morgan fingerprint density at radius 3 is 2.00 bits per heavy atom. The topological polar surface area (TPSA) is 86.8 Å². The number of aryl methyl sites for hydroxylation is 1. The van der Waals surface area contributed by atoms with Crippen molar-refractivity contribution >= 4 is 43.5 Å². The smallest absolute Gasteiger partial charge is 0.264 e. The third-order valence-electron chi connectivity index (χ3n) is 6.94. The van der Waals surface area contributed by atoms with Gasteiger partial charge in [-0.15, -0.1) is 0 Å². The zero-order chi connectivity index (χ0) is 31.9. The second-order valence-corrected chi connectivity index (χ2v) is 14.5. The number of halogens is 1. The molecule has 230 valence electrons. The highest BCUT2D eigenvalue weighted by atomic mass is 79.9. The first-order valence-electron chi connectivity index (χ1n) is 14.4. The van der Waals surface area contributed by atoms with Gasteiger partial charge in [0.25, 0.3) is 10.0 Å². The van der Waals surface area contributed by atoms with Crippen LogP contribution in [0.3, 0.4) is 0 Å². The van der Waals surface area contributed by atoms with Gasteiger partial charge in [-0.3, -0.25) is 13.9 Å². The molecule has 0 aliphatic heterocycles. The van der Waals surface area contributed by atoms with E-state index in [9.17, 15) is 18.0 Å². The van der Waals surface area contributed by atoms with Crippen LogP contribution in [0.25, 0.3) is 0 Å². The maximum absolute atomic E-state index is 14.5. The molecule has 4 rings (SSSR count). The molecule has 0 fully saturated rings. The average Bonchev–Trinajstić information content (AvgIpc) is 2.98. The van der Waals surface area contributed by atoms with E-state index in [-0.39, 0.29) is 23.8 Å². The minimum Gasteiger partial charge on any atom is -0.350 e. The maximum atomic E-state index is 14.5. The van der Waals surface area contributed by atoms with Crippen LogP contribution < -0.4 is 9.62 Å². The summed E-state index contributed by atoms with van der Waals surface area (Å²) in [6.07, 6.45) is 0.249. The van der Waals surface area contributed by atoms with Gasteiger partial charge in [-0.1, -0.05) is 94.3 Å². The number of para-hydroxylation sites is 1. The quantitative estimate of drug-likeness (QED) is 0.196. The summed E-state index contributed by atoms with van der Waals surface area (Å²) in [6, 6.07) is 31.2. The van der Waals surface area contributed by atoms with E-state index < -0.39 is 34.1 Å². The summed E-state index contributed by atoms with van der Waals surface area (Å²) in [4.78, 5) is 30.0. The lowest BCUT2D eigenvalue weighted by Gasteiger charge is -2.35. The van der Waals surface area contributed by atoms with Crippen LogP contribution in [0, 0.1) is 6.92 Å². The molecule has 0 spiro atoms. The Balaban J connectivity index is 1.80. The number of sulfonamides is 1. The fourth-order valence-corrected chi connectivity index (χ4v) is 6.66. The molecule has 0 radical (unpaired) electrons. The molecule has 0 aliphatic carbocycles. The van der Waals surface area contributed by atoms with Gasteiger partial charge in [-0.2, -0.15) is 0 Å². The van der Waals surface area contributed by atoms with Crippen LogP contribution in [-0.4, -0.2) is 43.3 Å². The number of amides is 2. The van der Waals surface area contributed by atoms with E-state index in [0.29, 0.717) is 5.69 Å². The van der Waals surface area contributed by atoms with Crippen LogP contribution in [0.1, 0.15) is 37.5 Å². The van der Waals surface area contributed by atoms with E-state index in [1.54, 1.807) is 54.6 Å². The van der Waals surface area contributed by atoms with Crippen molar-refractivity contribution in [1.82, 2.24) is 10.2 Å². The van der Waals surface area contributed by atoms with E-state index in [1.165, 1.54) is 4.90 Å². The van der Waals surface area contributed by atoms with E-state index in [2.05, 4.69) is 21.2 Å². The second kappa shape index (κ2) is 14.2. The maximum Gasteiger partial charge on any atom is 0.264 e. The number of anilines is 1. The Morgan fingerprint density at radius 1 is 0.818 bits per heavy atom. The molecule has 9 heteroatoms. The molecular formula is C35H38BrN3O4S. The van der Waals surface area contributed by atoms with Crippen LogP contribution in [0.5, 0.6) is 0 Å². The molecule has 0 bridgehead atoms. The summed E-state index contributed by atoms with van der Waals surface area (Å²) in [7, 11) is -4.13. The van der Waals surface area contributed by atoms with E-state index in [1.807, 2.05) is 82.3 Å². The van der Waals surface area contributed by atoms with Crippen LogP contribution in [-0.2, 0) is 32.6 Å². The van der Waals surface area contributed by atoms with Crippen molar-refractivity contribution in [2.24, 2.45) is 0 Å². The molecule has 2 amide bonds. The molecule has 1 atom stereocenters. The van der Waals surface area contributed by atoms with Gasteiger partial charge in [0.1, 0.15) is 12.6 Å². The lowest BCUT2D eigenvalue weighted by molar-refractivity contribution is -0.140. The van der Waals surface area contributed by atoms with Crippen molar-refractivity contribution in [3.8, 4) is 0 Å². The van der Waals surface area contributed by atoms with Crippen molar-refractivity contribution in [3.63, 3.8) is 0 Å². The second-order valence-electron chi connectivity index (χ2n) is 11.8. The summed E-state index contributed by atoms with van der Waals surface area (Å²) in [6.45, 7) is 7.13. The molecule has 1 N–H and O–H groups in total. The minimum absolute atomic E-state index is 0.0737. The number of nitrogens with one attached hydrogen (secondary N) is 1. The highest BCUT2D eigenvalue weighted by Crippen LogP contribution is 2.25. The predicted octanol–water partition coefficient (Wildman–Crippen LogP) is 6.51. The fraction of sp³-hybridized carbons (Fsp3) is 0.257. The highest BCUT2D eigenvalue weighted by Gasteiger charge is 2.35. The van der Waals surface area contributed by atoms with Crippen LogP contribution in [0.4, 0.5) is 5.69 Å². The lowest BCUT2D eigenvalue weighted by atomic mass is 10.0. The van der Waals surface area contributed by atoms with Crippen LogP contribution >= 0.6 is 15.9 Å². The molecule has 0 heterocycles. The Morgan fingerprint density at radius 2 is 1.41 bits per heavy atom. The first kappa shape index (κ1) is 33.0. The van der Waals surface area contributed by atoms with Crippen LogP contribution in [0.2, 0.25) is 0 Å². The first-order chi connectivity index (χ1) is 20.8. The van der Waals surface area contributed by atoms with Gasteiger partial charge in [0.2, 0.25) is 11.8 Å². The van der Waals surface area contributed by atoms with Crippen molar-refractivity contribution in [2.75, 3.05) is 10.8 Å². The lowest BCUT2D eigenvalue weighted by Crippen LogP contribution is -2.56. The van der Waals surface area contributed by atoms with Crippen LogP contribution in [0.15, 0.2) is 119 Å². The third-order valence-corrected chi connectivity index (χ3v) is 9.22. The molecule has 0 aromatic heterocycles. The number of carbonyl (C=O) groups excluding carboxylic acids is 2.